The Labute approximate surface area is 109 Å². The number of aryl methyl sites for hydroxylation is 1. The number of hydrogen-bond donors (Lipinski definition) is 1. The van der Waals surface area contributed by atoms with Gasteiger partial charge in [0.2, 0.25) is 0 Å². The average Bonchev–Trinajstić information content (AvgIpc) is 2.27. The van der Waals surface area contributed by atoms with Gasteiger partial charge in [0.1, 0.15) is 5.82 Å². The van der Waals surface area contributed by atoms with Crippen LogP contribution in [-0.2, 0) is 0 Å². The normalized spacial score (nSPS) is 23.7. The van der Waals surface area contributed by atoms with Crippen molar-refractivity contribution in [1.29, 1.82) is 0 Å². The fraction of sp³-hybridized carbons (Fsp3) is 0.500. The molecule has 0 amide bonds. The molecule has 0 spiro atoms. The number of hydrogen-bond acceptors (Lipinski definition) is 1. The fourth-order valence-electron chi connectivity index (χ4n) is 2.94. The first-order chi connectivity index (χ1) is 8.56. The van der Waals surface area contributed by atoms with E-state index in [9.17, 15) is 4.39 Å². The van der Waals surface area contributed by atoms with E-state index in [4.69, 9.17) is 0 Å². The Balaban J connectivity index is 1.98. The minimum absolute atomic E-state index is 0.147. The van der Waals surface area contributed by atoms with Crippen LogP contribution in [-0.4, -0.2) is 6.54 Å². The summed E-state index contributed by atoms with van der Waals surface area (Å²) in [7, 11) is 0. The van der Waals surface area contributed by atoms with E-state index in [0.29, 0.717) is 17.5 Å². The molecule has 0 saturated heterocycles. The molecule has 1 aliphatic rings. The first-order valence-corrected chi connectivity index (χ1v) is 6.72. The molecule has 2 heteroatoms. The van der Waals surface area contributed by atoms with Gasteiger partial charge in [0.25, 0.3) is 0 Å². The summed E-state index contributed by atoms with van der Waals surface area (Å²) in [4.78, 5) is 0. The molecule has 1 aliphatic carbocycles. The van der Waals surface area contributed by atoms with Crippen LogP contribution < -0.4 is 5.32 Å². The van der Waals surface area contributed by atoms with Crippen molar-refractivity contribution < 1.29 is 4.39 Å². The second kappa shape index (κ2) is 5.55. The van der Waals surface area contributed by atoms with Crippen molar-refractivity contribution in [3.63, 3.8) is 0 Å². The zero-order valence-corrected chi connectivity index (χ0v) is 11.5. The third kappa shape index (κ3) is 3.12. The molecule has 1 nitrogen and oxygen atoms in total. The lowest BCUT2D eigenvalue weighted by molar-refractivity contribution is 0.420. The molecule has 0 radical (unpaired) electrons. The van der Waals surface area contributed by atoms with Gasteiger partial charge in [-0.15, -0.1) is 0 Å². The summed E-state index contributed by atoms with van der Waals surface area (Å²) in [6.45, 7) is 7.25. The molecule has 0 saturated carbocycles. The molecule has 0 fully saturated rings. The quantitative estimate of drug-likeness (QED) is 0.773. The minimum Gasteiger partial charge on any atom is -0.382 e. The van der Waals surface area contributed by atoms with Crippen LogP contribution in [0.3, 0.4) is 0 Å². The van der Waals surface area contributed by atoms with Crippen molar-refractivity contribution in [2.24, 2.45) is 11.8 Å². The standard InChI is InChI=1S/C16H22FN/c1-11-7-12(2)9-14(8-11)10-18-16-13(3)5-4-6-15(16)17/h4-7,11,14,18H,8-10H2,1-3H3. The highest BCUT2D eigenvalue weighted by Gasteiger charge is 2.18. The van der Waals surface area contributed by atoms with Crippen LogP contribution >= 0.6 is 0 Å². The third-order valence-electron chi connectivity index (χ3n) is 3.67. The first kappa shape index (κ1) is 13.1. The maximum absolute atomic E-state index is 13.7. The van der Waals surface area contributed by atoms with Crippen molar-refractivity contribution in [3.8, 4) is 0 Å². The van der Waals surface area contributed by atoms with Gasteiger partial charge in [-0.2, -0.15) is 0 Å². The minimum atomic E-state index is -0.147. The third-order valence-corrected chi connectivity index (χ3v) is 3.67. The number of rotatable bonds is 3. The van der Waals surface area contributed by atoms with Gasteiger partial charge < -0.3 is 5.32 Å². The number of nitrogens with one attached hydrogen (secondary N) is 1. The van der Waals surface area contributed by atoms with Crippen LogP contribution in [0.25, 0.3) is 0 Å². The van der Waals surface area contributed by atoms with Gasteiger partial charge in [0.05, 0.1) is 5.69 Å². The Morgan fingerprint density at radius 3 is 2.78 bits per heavy atom. The molecule has 2 rings (SSSR count). The summed E-state index contributed by atoms with van der Waals surface area (Å²) in [5.74, 6) is 1.11. The van der Waals surface area contributed by atoms with E-state index >= 15 is 0 Å². The second-order valence-electron chi connectivity index (χ2n) is 5.61. The molecule has 1 N–H and O–H groups in total. The maximum atomic E-state index is 13.7. The lowest BCUT2D eigenvalue weighted by Gasteiger charge is -2.26. The highest BCUT2D eigenvalue weighted by molar-refractivity contribution is 5.51. The lowest BCUT2D eigenvalue weighted by Crippen LogP contribution is -2.20. The molecule has 0 aliphatic heterocycles. The predicted molar refractivity (Wildman–Crippen MR) is 75.3 cm³/mol. The van der Waals surface area contributed by atoms with Crippen molar-refractivity contribution in [1.82, 2.24) is 0 Å². The van der Waals surface area contributed by atoms with Crippen molar-refractivity contribution >= 4 is 5.69 Å². The first-order valence-electron chi connectivity index (χ1n) is 6.72. The monoisotopic (exact) mass is 247 g/mol. The number of allylic oxidation sites excluding steroid dienone is 2. The van der Waals surface area contributed by atoms with E-state index in [2.05, 4.69) is 25.2 Å². The van der Waals surface area contributed by atoms with Crippen molar-refractivity contribution in [2.45, 2.75) is 33.6 Å². The molecule has 98 valence electrons. The fourth-order valence-corrected chi connectivity index (χ4v) is 2.94. The number of para-hydroxylation sites is 1. The van der Waals surface area contributed by atoms with Crippen LogP contribution in [0.1, 0.15) is 32.3 Å². The molecule has 0 heterocycles. The molecular weight excluding hydrogens is 225 g/mol. The van der Waals surface area contributed by atoms with Crippen LogP contribution in [0.15, 0.2) is 29.8 Å². The van der Waals surface area contributed by atoms with Crippen molar-refractivity contribution in [3.05, 3.63) is 41.2 Å². The Morgan fingerprint density at radius 2 is 2.11 bits per heavy atom. The van der Waals surface area contributed by atoms with Crippen LogP contribution in [0, 0.1) is 24.6 Å². The van der Waals surface area contributed by atoms with Crippen LogP contribution in [0.2, 0.25) is 0 Å². The summed E-state index contributed by atoms with van der Waals surface area (Å²) in [6.07, 6.45) is 4.67. The highest BCUT2D eigenvalue weighted by atomic mass is 19.1. The lowest BCUT2D eigenvalue weighted by atomic mass is 9.83. The molecule has 0 aromatic heterocycles. The summed E-state index contributed by atoms with van der Waals surface area (Å²) in [5.41, 5.74) is 3.11. The maximum Gasteiger partial charge on any atom is 0.146 e. The van der Waals surface area contributed by atoms with Gasteiger partial charge in [-0.1, -0.05) is 30.7 Å². The summed E-state index contributed by atoms with van der Waals surface area (Å²) >= 11 is 0. The Morgan fingerprint density at radius 1 is 1.33 bits per heavy atom. The SMILES string of the molecule is CC1=CC(C)CC(CNc2c(C)cccc2F)C1. The number of benzene rings is 1. The Kier molecular flexibility index (Phi) is 4.05. The van der Waals surface area contributed by atoms with Crippen LogP contribution in [0.5, 0.6) is 0 Å². The van der Waals surface area contributed by atoms with E-state index < -0.39 is 0 Å². The summed E-state index contributed by atoms with van der Waals surface area (Å²) < 4.78 is 13.7. The highest BCUT2D eigenvalue weighted by Crippen LogP contribution is 2.28. The van der Waals surface area contributed by atoms with E-state index in [1.54, 1.807) is 6.07 Å². The summed E-state index contributed by atoms with van der Waals surface area (Å²) in [6, 6.07) is 5.22. The van der Waals surface area contributed by atoms with Gasteiger partial charge in [-0.25, -0.2) is 4.39 Å². The van der Waals surface area contributed by atoms with Gasteiger partial charge >= 0.3 is 0 Å². The van der Waals surface area contributed by atoms with E-state index in [-0.39, 0.29) is 5.82 Å². The molecule has 2 unspecified atom stereocenters. The molecule has 18 heavy (non-hydrogen) atoms. The van der Waals surface area contributed by atoms with Crippen molar-refractivity contribution in [2.75, 3.05) is 11.9 Å². The van der Waals surface area contributed by atoms with E-state index in [1.165, 1.54) is 18.1 Å². The smallest absolute Gasteiger partial charge is 0.146 e. The zero-order valence-electron chi connectivity index (χ0n) is 11.5. The largest absolute Gasteiger partial charge is 0.382 e. The van der Waals surface area contributed by atoms with E-state index in [1.807, 2.05) is 13.0 Å². The van der Waals surface area contributed by atoms with Gasteiger partial charge in [-0.3, -0.25) is 0 Å². The molecule has 1 aromatic rings. The zero-order chi connectivity index (χ0) is 13.1. The van der Waals surface area contributed by atoms with Gasteiger partial charge in [0.15, 0.2) is 0 Å². The molecule has 1 aromatic carbocycles. The average molecular weight is 247 g/mol. The topological polar surface area (TPSA) is 12.0 Å². The molecular formula is C16H22FN. The van der Waals surface area contributed by atoms with Gasteiger partial charge in [-0.05, 0) is 50.2 Å². The Hall–Kier alpha value is -1.31. The second-order valence-corrected chi connectivity index (χ2v) is 5.61. The van der Waals surface area contributed by atoms with Gasteiger partial charge in [0, 0.05) is 6.54 Å². The summed E-state index contributed by atoms with van der Waals surface area (Å²) in [5, 5.41) is 3.29. The molecule has 0 bridgehead atoms. The van der Waals surface area contributed by atoms with E-state index in [0.717, 1.165) is 18.5 Å². The van der Waals surface area contributed by atoms with Crippen LogP contribution in [0.4, 0.5) is 10.1 Å². The Bertz CT molecular complexity index is 430. The number of anilines is 1. The number of halogens is 1. The predicted octanol–water partition coefficient (Wildman–Crippen LogP) is 4.54. The molecule has 2 atom stereocenters.